The number of ether oxygens (including phenoxy) is 2. The fourth-order valence-electron chi connectivity index (χ4n) is 2.35. The van der Waals surface area contributed by atoms with Gasteiger partial charge in [-0.3, -0.25) is 0 Å². The first-order valence-electron chi connectivity index (χ1n) is 8.21. The van der Waals surface area contributed by atoms with E-state index in [4.69, 9.17) is 9.47 Å². The molecule has 23 heavy (non-hydrogen) atoms. The van der Waals surface area contributed by atoms with Crippen molar-refractivity contribution in [3.8, 4) is 0 Å². The van der Waals surface area contributed by atoms with E-state index in [9.17, 15) is 0 Å². The lowest BCUT2D eigenvalue weighted by Gasteiger charge is -2.18. The van der Waals surface area contributed by atoms with Gasteiger partial charge in [-0.2, -0.15) is 0 Å². The monoisotopic (exact) mass is 376 g/mol. The second-order valence-corrected chi connectivity index (χ2v) is 6.40. The number of rotatable bonds is 11. The first-order valence-corrected chi connectivity index (χ1v) is 9.34. The predicted molar refractivity (Wildman–Crippen MR) is 98.8 cm³/mol. The van der Waals surface area contributed by atoms with Gasteiger partial charge in [0.25, 0.3) is 0 Å². The van der Waals surface area contributed by atoms with Crippen LogP contribution in [0, 0.1) is 0 Å². The standard InChI is InChI=1S/C20H25BrO2/c21-14-8-7-13-20(23-16-19-11-5-2-6-12-19)17-22-15-18-9-3-1-4-10-18/h1-6,9-12,20H,7-8,13-17H2. The minimum absolute atomic E-state index is 0.151. The zero-order chi connectivity index (χ0) is 16.2. The minimum atomic E-state index is 0.151. The van der Waals surface area contributed by atoms with E-state index in [0.29, 0.717) is 19.8 Å². The molecule has 0 saturated heterocycles. The Labute approximate surface area is 148 Å². The van der Waals surface area contributed by atoms with Crippen molar-refractivity contribution >= 4 is 15.9 Å². The van der Waals surface area contributed by atoms with Gasteiger partial charge in [0.2, 0.25) is 0 Å². The van der Waals surface area contributed by atoms with Crippen LogP contribution in [0.15, 0.2) is 60.7 Å². The average Bonchev–Trinajstić information content (AvgIpc) is 2.61. The van der Waals surface area contributed by atoms with Crippen molar-refractivity contribution in [1.29, 1.82) is 0 Å². The van der Waals surface area contributed by atoms with Gasteiger partial charge in [-0.1, -0.05) is 76.6 Å². The fourth-order valence-corrected chi connectivity index (χ4v) is 2.75. The van der Waals surface area contributed by atoms with E-state index in [1.165, 1.54) is 17.5 Å². The third kappa shape index (κ3) is 7.78. The van der Waals surface area contributed by atoms with Gasteiger partial charge in [-0.05, 0) is 30.4 Å². The molecular weight excluding hydrogens is 352 g/mol. The van der Waals surface area contributed by atoms with Gasteiger partial charge in [-0.15, -0.1) is 0 Å². The molecule has 1 atom stereocenters. The highest BCUT2D eigenvalue weighted by molar-refractivity contribution is 9.09. The van der Waals surface area contributed by atoms with E-state index < -0.39 is 0 Å². The molecule has 0 N–H and O–H groups in total. The molecule has 0 bridgehead atoms. The Morgan fingerprint density at radius 2 is 1.39 bits per heavy atom. The zero-order valence-electron chi connectivity index (χ0n) is 13.5. The second kappa shape index (κ2) is 11.4. The van der Waals surface area contributed by atoms with E-state index in [2.05, 4.69) is 40.2 Å². The highest BCUT2D eigenvalue weighted by Crippen LogP contribution is 2.12. The van der Waals surface area contributed by atoms with Crippen molar-refractivity contribution in [1.82, 2.24) is 0 Å². The van der Waals surface area contributed by atoms with Crippen molar-refractivity contribution in [3.05, 3.63) is 71.8 Å². The van der Waals surface area contributed by atoms with Crippen LogP contribution in [0.1, 0.15) is 30.4 Å². The maximum absolute atomic E-state index is 6.07. The Morgan fingerprint density at radius 3 is 2.00 bits per heavy atom. The first kappa shape index (κ1) is 18.2. The largest absolute Gasteiger partial charge is 0.374 e. The normalized spacial score (nSPS) is 12.2. The van der Waals surface area contributed by atoms with Crippen LogP contribution in [0.4, 0.5) is 0 Å². The Kier molecular flexibility index (Phi) is 9.00. The van der Waals surface area contributed by atoms with Crippen LogP contribution in [0.5, 0.6) is 0 Å². The smallest absolute Gasteiger partial charge is 0.0813 e. The summed E-state index contributed by atoms with van der Waals surface area (Å²) in [5.74, 6) is 0. The minimum Gasteiger partial charge on any atom is -0.374 e. The van der Waals surface area contributed by atoms with Crippen LogP contribution in [-0.4, -0.2) is 18.0 Å². The molecule has 0 aliphatic heterocycles. The lowest BCUT2D eigenvalue weighted by atomic mass is 10.1. The van der Waals surface area contributed by atoms with Crippen LogP contribution < -0.4 is 0 Å². The molecule has 0 fully saturated rings. The molecule has 0 heterocycles. The number of hydrogen-bond donors (Lipinski definition) is 0. The molecule has 2 aromatic carbocycles. The number of benzene rings is 2. The molecule has 0 aliphatic carbocycles. The van der Waals surface area contributed by atoms with Gasteiger partial charge >= 0.3 is 0 Å². The molecule has 0 radical (unpaired) electrons. The average molecular weight is 377 g/mol. The molecule has 0 saturated carbocycles. The zero-order valence-corrected chi connectivity index (χ0v) is 15.1. The fraction of sp³-hybridized carbons (Fsp3) is 0.400. The Balaban J connectivity index is 1.76. The van der Waals surface area contributed by atoms with Gasteiger partial charge in [0.1, 0.15) is 0 Å². The molecule has 1 unspecified atom stereocenters. The number of alkyl halides is 1. The molecule has 0 spiro atoms. The molecule has 124 valence electrons. The van der Waals surface area contributed by atoms with Crippen LogP contribution in [0.2, 0.25) is 0 Å². The van der Waals surface area contributed by atoms with Crippen molar-refractivity contribution < 1.29 is 9.47 Å². The van der Waals surface area contributed by atoms with Crippen molar-refractivity contribution in [2.75, 3.05) is 11.9 Å². The number of hydrogen-bond acceptors (Lipinski definition) is 2. The SMILES string of the molecule is BrCCCCC(COCc1ccccc1)OCc1ccccc1. The second-order valence-electron chi connectivity index (χ2n) is 5.60. The number of unbranched alkanes of at least 4 members (excludes halogenated alkanes) is 1. The van der Waals surface area contributed by atoms with E-state index in [-0.39, 0.29) is 6.10 Å². The summed E-state index contributed by atoms with van der Waals surface area (Å²) in [6.07, 6.45) is 3.51. The van der Waals surface area contributed by atoms with Gasteiger partial charge < -0.3 is 9.47 Å². The summed E-state index contributed by atoms with van der Waals surface area (Å²) in [6, 6.07) is 20.6. The number of halogens is 1. The summed E-state index contributed by atoms with van der Waals surface area (Å²) >= 11 is 3.49. The third-order valence-corrected chi connectivity index (χ3v) is 4.21. The Hall–Kier alpha value is -1.16. The predicted octanol–water partition coefficient (Wildman–Crippen LogP) is 5.35. The molecular formula is C20H25BrO2. The highest BCUT2D eigenvalue weighted by Gasteiger charge is 2.10. The van der Waals surface area contributed by atoms with Crippen LogP contribution in [-0.2, 0) is 22.7 Å². The first-order chi connectivity index (χ1) is 11.4. The van der Waals surface area contributed by atoms with Crippen molar-refractivity contribution in [2.45, 2.75) is 38.6 Å². The summed E-state index contributed by atoms with van der Waals surface area (Å²) in [4.78, 5) is 0. The molecule has 0 aromatic heterocycles. The van der Waals surface area contributed by atoms with E-state index in [0.717, 1.165) is 18.2 Å². The maximum atomic E-state index is 6.07. The lowest BCUT2D eigenvalue weighted by Crippen LogP contribution is -2.20. The van der Waals surface area contributed by atoms with E-state index in [1.54, 1.807) is 0 Å². The van der Waals surface area contributed by atoms with Gasteiger partial charge in [0.15, 0.2) is 0 Å². The molecule has 2 aromatic rings. The van der Waals surface area contributed by atoms with Crippen molar-refractivity contribution in [3.63, 3.8) is 0 Å². The molecule has 0 aliphatic rings. The van der Waals surface area contributed by atoms with Crippen molar-refractivity contribution in [2.24, 2.45) is 0 Å². The van der Waals surface area contributed by atoms with Crippen LogP contribution >= 0.6 is 15.9 Å². The van der Waals surface area contributed by atoms with E-state index in [1.807, 2.05) is 36.4 Å². The summed E-state index contributed by atoms with van der Waals surface area (Å²) in [5.41, 5.74) is 2.41. The summed E-state index contributed by atoms with van der Waals surface area (Å²) < 4.78 is 11.9. The summed E-state index contributed by atoms with van der Waals surface area (Å²) in [6.45, 7) is 1.93. The molecule has 0 amide bonds. The molecule has 2 rings (SSSR count). The quantitative estimate of drug-likeness (QED) is 0.388. The van der Waals surface area contributed by atoms with Crippen LogP contribution in [0.25, 0.3) is 0 Å². The van der Waals surface area contributed by atoms with Gasteiger partial charge in [-0.25, -0.2) is 0 Å². The van der Waals surface area contributed by atoms with Gasteiger partial charge in [0, 0.05) is 5.33 Å². The summed E-state index contributed by atoms with van der Waals surface area (Å²) in [7, 11) is 0. The van der Waals surface area contributed by atoms with Crippen LogP contribution in [0.3, 0.4) is 0 Å². The topological polar surface area (TPSA) is 18.5 Å². The Bertz CT molecular complexity index is 516. The van der Waals surface area contributed by atoms with E-state index >= 15 is 0 Å². The molecule has 2 nitrogen and oxygen atoms in total. The van der Waals surface area contributed by atoms with Gasteiger partial charge in [0.05, 0.1) is 25.9 Å². The lowest BCUT2D eigenvalue weighted by molar-refractivity contribution is -0.0340. The highest BCUT2D eigenvalue weighted by atomic mass is 79.9. The maximum Gasteiger partial charge on any atom is 0.0813 e. The summed E-state index contributed by atoms with van der Waals surface area (Å²) in [5, 5.41) is 1.04. The Morgan fingerprint density at radius 1 is 0.783 bits per heavy atom. The molecule has 3 heteroatoms. The third-order valence-electron chi connectivity index (χ3n) is 3.65.